The summed E-state index contributed by atoms with van der Waals surface area (Å²) >= 11 is 0. The van der Waals surface area contributed by atoms with E-state index in [-0.39, 0.29) is 5.91 Å². The van der Waals surface area contributed by atoms with E-state index in [2.05, 4.69) is 31.7 Å². The molecule has 4 rings (SSSR count). The van der Waals surface area contributed by atoms with Gasteiger partial charge in [-0.3, -0.25) is 9.89 Å². The van der Waals surface area contributed by atoms with Crippen LogP contribution in [0.15, 0.2) is 36.7 Å². The van der Waals surface area contributed by atoms with Crippen LogP contribution in [0.1, 0.15) is 29.5 Å². The molecule has 0 bridgehead atoms. The lowest BCUT2D eigenvalue weighted by molar-refractivity contribution is 0.0734. The molecule has 0 aliphatic carbocycles. The summed E-state index contributed by atoms with van der Waals surface area (Å²) in [6.07, 6.45) is 2.97. The number of nitrogens with one attached hydrogen (secondary N) is 1. The lowest BCUT2D eigenvalue weighted by Crippen LogP contribution is -2.36. The molecule has 1 aliphatic heterocycles. The first-order valence-electron chi connectivity index (χ1n) is 9.56. The molecule has 1 aliphatic rings. The predicted molar refractivity (Wildman–Crippen MR) is 105 cm³/mol. The molecule has 3 aromatic rings. The summed E-state index contributed by atoms with van der Waals surface area (Å²) in [5.74, 6) is 0.555. The van der Waals surface area contributed by atoms with E-state index in [1.165, 1.54) is 0 Å². The van der Waals surface area contributed by atoms with Gasteiger partial charge in [0.25, 0.3) is 5.91 Å². The Hall–Kier alpha value is -2.67. The van der Waals surface area contributed by atoms with Crippen molar-refractivity contribution in [2.24, 2.45) is 5.92 Å². The Kier molecular flexibility index (Phi) is 4.94. The zero-order valence-electron chi connectivity index (χ0n) is 15.9. The van der Waals surface area contributed by atoms with E-state index in [9.17, 15) is 4.79 Å². The fraction of sp³-hybridized carbons (Fsp3) is 0.450. The van der Waals surface area contributed by atoms with Crippen LogP contribution in [-0.2, 0) is 6.54 Å². The molecular weight excluding hydrogens is 340 g/mol. The second-order valence-electron chi connectivity index (χ2n) is 7.40. The highest BCUT2D eigenvalue weighted by Gasteiger charge is 2.25. The third-order valence-electron chi connectivity index (χ3n) is 5.35. The zero-order chi connectivity index (χ0) is 18.8. The molecule has 1 N–H and O–H groups in total. The molecule has 0 radical (unpaired) electrons. The standard InChI is InChI=1S/C20H26N6O/c1-3-25(12-15-8-9-24(2)11-15)20(27)18-10-16(22-23-18)13-26-14-21-17-6-4-5-7-19(17)26/h4-7,10,14-15H,3,8-9,11-13H2,1-2H3,(H,22,23). The second-order valence-corrected chi connectivity index (χ2v) is 7.40. The summed E-state index contributed by atoms with van der Waals surface area (Å²) in [7, 11) is 2.14. The van der Waals surface area contributed by atoms with Crippen molar-refractivity contribution >= 4 is 16.9 Å². The summed E-state index contributed by atoms with van der Waals surface area (Å²) in [5, 5.41) is 7.29. The van der Waals surface area contributed by atoms with Crippen molar-refractivity contribution in [1.82, 2.24) is 29.5 Å². The second kappa shape index (κ2) is 7.52. The molecule has 1 unspecified atom stereocenters. The van der Waals surface area contributed by atoms with Gasteiger partial charge in [-0.2, -0.15) is 5.10 Å². The summed E-state index contributed by atoms with van der Waals surface area (Å²) in [6, 6.07) is 9.88. The Labute approximate surface area is 159 Å². The predicted octanol–water partition coefficient (Wildman–Crippen LogP) is 2.22. The van der Waals surface area contributed by atoms with Gasteiger partial charge in [0.15, 0.2) is 0 Å². The number of aromatic amines is 1. The van der Waals surface area contributed by atoms with Crippen LogP contribution in [0.3, 0.4) is 0 Å². The highest BCUT2D eigenvalue weighted by Crippen LogP contribution is 2.18. The fourth-order valence-corrected chi connectivity index (χ4v) is 3.88. The van der Waals surface area contributed by atoms with E-state index >= 15 is 0 Å². The van der Waals surface area contributed by atoms with Crippen molar-refractivity contribution in [3.8, 4) is 0 Å². The molecular formula is C20H26N6O. The van der Waals surface area contributed by atoms with Crippen LogP contribution in [0.5, 0.6) is 0 Å². The van der Waals surface area contributed by atoms with Gasteiger partial charge in [0.2, 0.25) is 0 Å². The first-order chi connectivity index (χ1) is 13.1. The molecule has 3 heterocycles. The Morgan fingerprint density at radius 3 is 3.00 bits per heavy atom. The van der Waals surface area contributed by atoms with Crippen molar-refractivity contribution < 1.29 is 4.79 Å². The number of H-pyrrole nitrogens is 1. The summed E-state index contributed by atoms with van der Waals surface area (Å²) in [4.78, 5) is 21.5. The number of nitrogens with zero attached hydrogens (tertiary/aromatic N) is 5. The molecule has 1 saturated heterocycles. The maximum absolute atomic E-state index is 12.9. The van der Waals surface area contributed by atoms with Crippen molar-refractivity contribution in [1.29, 1.82) is 0 Å². The van der Waals surface area contributed by atoms with Gasteiger partial charge in [0.1, 0.15) is 5.69 Å². The molecule has 7 nitrogen and oxygen atoms in total. The Morgan fingerprint density at radius 1 is 1.37 bits per heavy atom. The van der Waals surface area contributed by atoms with Gasteiger partial charge in [-0.05, 0) is 51.1 Å². The van der Waals surface area contributed by atoms with Gasteiger partial charge < -0.3 is 14.4 Å². The van der Waals surface area contributed by atoms with Gasteiger partial charge in [-0.15, -0.1) is 0 Å². The quantitative estimate of drug-likeness (QED) is 0.726. The number of fused-ring (bicyclic) bond motifs is 1. The van der Waals surface area contributed by atoms with Crippen LogP contribution in [0, 0.1) is 5.92 Å². The minimum atomic E-state index is 0.00467. The Bertz CT molecular complexity index is 929. The third-order valence-corrected chi connectivity index (χ3v) is 5.35. The van der Waals surface area contributed by atoms with Crippen molar-refractivity contribution in [3.63, 3.8) is 0 Å². The number of hydrogen-bond acceptors (Lipinski definition) is 4. The number of rotatable bonds is 6. The van der Waals surface area contributed by atoms with Crippen molar-refractivity contribution in [2.45, 2.75) is 19.9 Å². The van der Waals surface area contributed by atoms with Gasteiger partial charge in [0.05, 0.1) is 29.6 Å². The minimum absolute atomic E-state index is 0.00467. The number of hydrogen-bond donors (Lipinski definition) is 1. The smallest absolute Gasteiger partial charge is 0.274 e. The van der Waals surface area contributed by atoms with Crippen molar-refractivity contribution in [3.05, 3.63) is 48.0 Å². The van der Waals surface area contributed by atoms with Crippen LogP contribution in [-0.4, -0.2) is 68.7 Å². The third kappa shape index (κ3) is 3.73. The largest absolute Gasteiger partial charge is 0.337 e. The van der Waals surface area contributed by atoms with Crippen LogP contribution in [0.2, 0.25) is 0 Å². The van der Waals surface area contributed by atoms with Crippen LogP contribution in [0.4, 0.5) is 0 Å². The van der Waals surface area contributed by atoms with Crippen LogP contribution >= 0.6 is 0 Å². The average molecular weight is 366 g/mol. The topological polar surface area (TPSA) is 70.1 Å². The van der Waals surface area contributed by atoms with E-state index in [1.54, 1.807) is 0 Å². The maximum atomic E-state index is 12.9. The van der Waals surface area contributed by atoms with Gasteiger partial charge in [-0.1, -0.05) is 12.1 Å². The fourth-order valence-electron chi connectivity index (χ4n) is 3.88. The number of benzene rings is 1. The lowest BCUT2D eigenvalue weighted by Gasteiger charge is -2.23. The molecule has 1 amide bonds. The summed E-state index contributed by atoms with van der Waals surface area (Å²) in [5.41, 5.74) is 3.42. The first-order valence-corrected chi connectivity index (χ1v) is 9.56. The molecule has 0 saturated carbocycles. The van der Waals surface area contributed by atoms with E-state index in [4.69, 9.17) is 0 Å². The van der Waals surface area contributed by atoms with Gasteiger partial charge in [0, 0.05) is 19.6 Å². The zero-order valence-corrected chi connectivity index (χ0v) is 15.9. The molecule has 1 atom stereocenters. The summed E-state index contributed by atoms with van der Waals surface area (Å²) in [6.45, 7) is 6.31. The molecule has 0 spiro atoms. The molecule has 27 heavy (non-hydrogen) atoms. The van der Waals surface area contributed by atoms with Gasteiger partial charge in [-0.25, -0.2) is 4.98 Å². The van der Waals surface area contributed by atoms with Crippen molar-refractivity contribution in [2.75, 3.05) is 33.2 Å². The number of imidazole rings is 1. The monoisotopic (exact) mass is 366 g/mol. The lowest BCUT2D eigenvalue weighted by atomic mass is 10.1. The molecule has 1 aromatic carbocycles. The van der Waals surface area contributed by atoms with Gasteiger partial charge >= 0.3 is 0 Å². The number of para-hydroxylation sites is 2. The Balaban J connectivity index is 1.45. The maximum Gasteiger partial charge on any atom is 0.274 e. The highest BCUT2D eigenvalue weighted by molar-refractivity contribution is 5.92. The van der Waals surface area contributed by atoms with Crippen LogP contribution in [0.25, 0.3) is 11.0 Å². The Morgan fingerprint density at radius 2 is 2.22 bits per heavy atom. The minimum Gasteiger partial charge on any atom is -0.337 e. The normalized spacial score (nSPS) is 17.6. The molecule has 2 aromatic heterocycles. The molecule has 1 fully saturated rings. The number of carbonyl (C=O) groups excluding carboxylic acids is 1. The highest BCUT2D eigenvalue weighted by atomic mass is 16.2. The van der Waals surface area contributed by atoms with E-state index < -0.39 is 0 Å². The number of amides is 1. The number of carbonyl (C=O) groups is 1. The average Bonchev–Trinajstić information content (AvgIpc) is 3.40. The number of aromatic nitrogens is 4. The molecule has 142 valence electrons. The first kappa shape index (κ1) is 17.7. The summed E-state index contributed by atoms with van der Waals surface area (Å²) < 4.78 is 2.06. The molecule has 7 heteroatoms. The van der Waals surface area contributed by atoms with E-state index in [0.717, 1.165) is 42.8 Å². The SMILES string of the molecule is CCN(CC1CCN(C)C1)C(=O)c1cc(Cn2cnc3ccccc32)[nH]n1. The number of likely N-dealkylation sites (tertiary alicyclic amines) is 1. The van der Waals surface area contributed by atoms with E-state index in [1.807, 2.05) is 48.5 Å². The van der Waals surface area contributed by atoms with Crippen LogP contribution < -0.4 is 0 Å². The van der Waals surface area contributed by atoms with E-state index in [0.29, 0.717) is 24.7 Å².